The summed E-state index contributed by atoms with van der Waals surface area (Å²) < 4.78 is 5.24. The molecule has 0 saturated carbocycles. The number of benzene rings is 2. The molecule has 0 unspecified atom stereocenters. The molecule has 104 valence electrons. The number of carbonyl (C=O) groups excluding carboxylic acids is 1. The minimum absolute atomic E-state index is 0.0533. The first-order chi connectivity index (χ1) is 9.60. The average molecular weight is 336 g/mol. The van der Waals surface area contributed by atoms with Gasteiger partial charge in [-0.1, -0.05) is 6.07 Å². The van der Waals surface area contributed by atoms with Gasteiger partial charge in [0.2, 0.25) is 0 Å². The van der Waals surface area contributed by atoms with Crippen molar-refractivity contribution in [1.82, 2.24) is 0 Å². The van der Waals surface area contributed by atoms with Crippen LogP contribution in [0.5, 0.6) is 11.5 Å². The number of alkyl halides is 1. The summed E-state index contributed by atoms with van der Waals surface area (Å²) in [6, 6.07) is 11.9. The standard InChI is InChI=1S/C15H14BrNO3/c1-10-2-7-13(14(18)8-10)17-15(19)11-3-5-12(6-4-11)20-9-16/h2-8,18H,9H2,1H3,(H,17,19). The van der Waals surface area contributed by atoms with Crippen LogP contribution in [0.2, 0.25) is 0 Å². The van der Waals surface area contributed by atoms with Crippen LogP contribution < -0.4 is 10.1 Å². The topological polar surface area (TPSA) is 58.6 Å². The molecule has 0 aliphatic heterocycles. The highest BCUT2D eigenvalue weighted by Gasteiger charge is 2.09. The van der Waals surface area contributed by atoms with Crippen molar-refractivity contribution in [1.29, 1.82) is 0 Å². The van der Waals surface area contributed by atoms with Crippen molar-refractivity contribution in [2.24, 2.45) is 0 Å². The molecule has 0 atom stereocenters. The van der Waals surface area contributed by atoms with Crippen LogP contribution >= 0.6 is 15.9 Å². The number of hydrogen-bond donors (Lipinski definition) is 2. The van der Waals surface area contributed by atoms with E-state index in [1.165, 1.54) is 0 Å². The van der Waals surface area contributed by atoms with Crippen LogP contribution in [0.1, 0.15) is 15.9 Å². The quantitative estimate of drug-likeness (QED) is 0.661. The van der Waals surface area contributed by atoms with Gasteiger partial charge in [-0.2, -0.15) is 0 Å². The third kappa shape index (κ3) is 3.51. The van der Waals surface area contributed by atoms with Crippen molar-refractivity contribution in [3.05, 3.63) is 53.6 Å². The molecule has 4 nitrogen and oxygen atoms in total. The van der Waals surface area contributed by atoms with Gasteiger partial charge >= 0.3 is 0 Å². The number of ether oxygens (including phenoxy) is 1. The summed E-state index contributed by atoms with van der Waals surface area (Å²) in [7, 11) is 0. The lowest BCUT2D eigenvalue weighted by molar-refractivity contribution is 0.102. The molecule has 0 saturated heterocycles. The summed E-state index contributed by atoms with van der Waals surface area (Å²) in [5.74, 6) is 0.448. The number of phenols is 1. The van der Waals surface area contributed by atoms with Gasteiger partial charge in [0, 0.05) is 5.56 Å². The number of aromatic hydroxyl groups is 1. The fourth-order valence-corrected chi connectivity index (χ4v) is 1.97. The first kappa shape index (κ1) is 14.4. The number of phenolic OH excluding ortho intramolecular Hbond substituents is 1. The number of nitrogens with one attached hydrogen (secondary N) is 1. The summed E-state index contributed by atoms with van der Waals surface area (Å²) in [6.07, 6.45) is 0. The number of aryl methyl sites for hydroxylation is 1. The molecule has 0 aromatic heterocycles. The average Bonchev–Trinajstić information content (AvgIpc) is 2.43. The second-order valence-electron chi connectivity index (χ2n) is 4.25. The minimum Gasteiger partial charge on any atom is -0.506 e. The summed E-state index contributed by atoms with van der Waals surface area (Å²) >= 11 is 3.16. The molecule has 0 fully saturated rings. The molecule has 2 rings (SSSR count). The number of amides is 1. The number of rotatable bonds is 4. The maximum absolute atomic E-state index is 12.0. The molecule has 0 aliphatic carbocycles. The van der Waals surface area contributed by atoms with Crippen LogP contribution in [0.25, 0.3) is 0 Å². The molecule has 2 aromatic rings. The highest BCUT2D eigenvalue weighted by molar-refractivity contribution is 9.09. The minimum atomic E-state index is -0.283. The van der Waals surface area contributed by atoms with E-state index in [-0.39, 0.29) is 11.7 Å². The molecule has 5 heteroatoms. The smallest absolute Gasteiger partial charge is 0.255 e. The lowest BCUT2D eigenvalue weighted by Gasteiger charge is -2.08. The Hall–Kier alpha value is -2.01. The fraction of sp³-hybridized carbons (Fsp3) is 0.133. The van der Waals surface area contributed by atoms with Gasteiger partial charge in [0.15, 0.2) is 0 Å². The zero-order chi connectivity index (χ0) is 14.5. The van der Waals surface area contributed by atoms with Crippen molar-refractivity contribution in [3.63, 3.8) is 0 Å². The van der Waals surface area contributed by atoms with E-state index in [1.54, 1.807) is 36.4 Å². The highest BCUT2D eigenvalue weighted by atomic mass is 79.9. The van der Waals surface area contributed by atoms with E-state index in [2.05, 4.69) is 21.2 Å². The maximum Gasteiger partial charge on any atom is 0.255 e. The molecule has 2 N–H and O–H groups in total. The van der Waals surface area contributed by atoms with Crippen LogP contribution in [0.15, 0.2) is 42.5 Å². The Morgan fingerprint density at radius 1 is 1.25 bits per heavy atom. The lowest BCUT2D eigenvalue weighted by atomic mass is 10.1. The van der Waals surface area contributed by atoms with Gasteiger partial charge < -0.3 is 15.2 Å². The van der Waals surface area contributed by atoms with E-state index in [0.717, 1.165) is 5.56 Å². The lowest BCUT2D eigenvalue weighted by Crippen LogP contribution is -2.11. The molecule has 20 heavy (non-hydrogen) atoms. The van der Waals surface area contributed by atoms with Gasteiger partial charge in [0.05, 0.1) is 5.69 Å². The molecule has 0 aliphatic rings. The van der Waals surface area contributed by atoms with Gasteiger partial charge in [-0.15, -0.1) is 0 Å². The van der Waals surface area contributed by atoms with Crippen LogP contribution in [0.3, 0.4) is 0 Å². The number of halogens is 1. The largest absolute Gasteiger partial charge is 0.506 e. The third-order valence-corrected chi connectivity index (χ3v) is 2.97. The van der Waals surface area contributed by atoms with E-state index >= 15 is 0 Å². The van der Waals surface area contributed by atoms with Gasteiger partial charge in [-0.05, 0) is 64.8 Å². The van der Waals surface area contributed by atoms with Gasteiger partial charge in [-0.3, -0.25) is 4.79 Å². The van der Waals surface area contributed by atoms with Gasteiger partial charge in [0.1, 0.15) is 17.0 Å². The first-order valence-corrected chi connectivity index (χ1v) is 7.12. The summed E-state index contributed by atoms with van der Waals surface area (Å²) in [4.78, 5) is 12.0. The number of anilines is 1. The van der Waals surface area contributed by atoms with E-state index in [1.807, 2.05) is 13.0 Å². The second-order valence-corrected chi connectivity index (χ2v) is 4.71. The van der Waals surface area contributed by atoms with Gasteiger partial charge in [0.25, 0.3) is 5.91 Å². The summed E-state index contributed by atoms with van der Waals surface area (Å²) in [5.41, 5.74) is 2.21. The molecule has 1 amide bonds. The Labute approximate surface area is 125 Å². The van der Waals surface area contributed by atoms with E-state index in [0.29, 0.717) is 22.5 Å². The van der Waals surface area contributed by atoms with Crippen molar-refractivity contribution in [3.8, 4) is 11.5 Å². The Morgan fingerprint density at radius 3 is 2.55 bits per heavy atom. The Balaban J connectivity index is 2.11. The first-order valence-electron chi connectivity index (χ1n) is 6.00. The monoisotopic (exact) mass is 335 g/mol. The number of hydrogen-bond acceptors (Lipinski definition) is 3. The molecule has 0 bridgehead atoms. The van der Waals surface area contributed by atoms with Crippen LogP contribution in [-0.2, 0) is 0 Å². The molecule has 0 radical (unpaired) electrons. The Bertz CT molecular complexity index is 611. The van der Waals surface area contributed by atoms with Crippen molar-refractivity contribution < 1.29 is 14.6 Å². The van der Waals surface area contributed by atoms with Crippen LogP contribution in [-0.4, -0.2) is 16.5 Å². The van der Waals surface area contributed by atoms with Crippen molar-refractivity contribution >= 4 is 27.5 Å². The van der Waals surface area contributed by atoms with E-state index < -0.39 is 0 Å². The van der Waals surface area contributed by atoms with E-state index in [4.69, 9.17) is 4.74 Å². The van der Waals surface area contributed by atoms with E-state index in [9.17, 15) is 9.90 Å². The summed E-state index contributed by atoms with van der Waals surface area (Å²) in [6.45, 7) is 1.87. The zero-order valence-corrected chi connectivity index (χ0v) is 12.5. The summed E-state index contributed by atoms with van der Waals surface area (Å²) in [5, 5.41) is 12.4. The number of carbonyl (C=O) groups is 1. The predicted octanol–water partition coefficient (Wildman–Crippen LogP) is 3.68. The Kier molecular flexibility index (Phi) is 4.63. The van der Waals surface area contributed by atoms with Gasteiger partial charge in [-0.25, -0.2) is 0 Å². The normalized spacial score (nSPS) is 10.1. The molecular weight excluding hydrogens is 322 g/mol. The zero-order valence-electron chi connectivity index (χ0n) is 10.9. The SMILES string of the molecule is Cc1ccc(NC(=O)c2ccc(OCBr)cc2)c(O)c1. The second kappa shape index (κ2) is 6.43. The van der Waals surface area contributed by atoms with Crippen molar-refractivity contribution in [2.75, 3.05) is 10.8 Å². The fourth-order valence-electron chi connectivity index (χ4n) is 1.71. The molecule has 0 heterocycles. The van der Waals surface area contributed by atoms with Crippen molar-refractivity contribution in [2.45, 2.75) is 6.92 Å². The predicted molar refractivity (Wildman–Crippen MR) is 81.7 cm³/mol. The highest BCUT2D eigenvalue weighted by Crippen LogP contribution is 2.24. The molecule has 2 aromatic carbocycles. The third-order valence-electron chi connectivity index (χ3n) is 2.74. The molecular formula is C15H14BrNO3. The molecule has 0 spiro atoms. The Morgan fingerprint density at radius 2 is 1.95 bits per heavy atom. The maximum atomic E-state index is 12.0. The van der Waals surface area contributed by atoms with Crippen LogP contribution in [0, 0.1) is 6.92 Å². The van der Waals surface area contributed by atoms with Crippen LogP contribution in [0.4, 0.5) is 5.69 Å².